The Labute approximate surface area is 128 Å². The molecule has 2 N–H and O–H groups in total. The Hall–Kier alpha value is -0.930. The molecule has 0 heterocycles. The predicted octanol–water partition coefficient (Wildman–Crippen LogP) is 3.97. The minimum atomic E-state index is -0.243. The summed E-state index contributed by atoms with van der Waals surface area (Å²) >= 11 is 0. The summed E-state index contributed by atoms with van der Waals surface area (Å²) in [6.07, 6.45) is 5.28. The van der Waals surface area contributed by atoms with Crippen molar-refractivity contribution in [3.8, 4) is 0 Å². The summed E-state index contributed by atoms with van der Waals surface area (Å²) in [6, 6.07) is 7.28. The number of nitrogens with two attached hydrogens (primary N) is 1. The third-order valence-corrected chi connectivity index (χ3v) is 5.09. The van der Waals surface area contributed by atoms with E-state index in [4.69, 9.17) is 5.73 Å². The van der Waals surface area contributed by atoms with Crippen molar-refractivity contribution in [1.29, 1.82) is 0 Å². The van der Waals surface area contributed by atoms with Gasteiger partial charge in [-0.1, -0.05) is 44.9 Å². The Morgan fingerprint density at radius 2 is 1.95 bits per heavy atom. The fourth-order valence-electron chi connectivity index (χ4n) is 3.71. The van der Waals surface area contributed by atoms with Crippen LogP contribution in [0.3, 0.4) is 0 Å². The van der Waals surface area contributed by atoms with Gasteiger partial charge in [0.2, 0.25) is 0 Å². The van der Waals surface area contributed by atoms with Gasteiger partial charge in [-0.05, 0) is 37.8 Å². The Kier molecular flexibility index (Phi) is 5.77. The van der Waals surface area contributed by atoms with Crippen molar-refractivity contribution in [3.05, 3.63) is 35.6 Å². The van der Waals surface area contributed by atoms with Gasteiger partial charge in [-0.15, -0.1) is 0 Å². The Morgan fingerprint density at radius 1 is 1.29 bits per heavy atom. The lowest BCUT2D eigenvalue weighted by Crippen LogP contribution is -2.42. The zero-order valence-corrected chi connectivity index (χ0v) is 13.6. The highest BCUT2D eigenvalue weighted by Gasteiger charge is 2.27. The highest BCUT2D eigenvalue weighted by atomic mass is 19.1. The van der Waals surface area contributed by atoms with Crippen LogP contribution in [-0.4, -0.2) is 24.5 Å². The van der Waals surface area contributed by atoms with Crippen molar-refractivity contribution < 1.29 is 4.39 Å². The van der Waals surface area contributed by atoms with E-state index in [1.807, 2.05) is 6.07 Å². The maximum Gasteiger partial charge on any atom is 0.127 e. The molecule has 0 aromatic heterocycles. The molecule has 2 rings (SSSR count). The van der Waals surface area contributed by atoms with Crippen molar-refractivity contribution >= 4 is 0 Å². The molecule has 4 atom stereocenters. The summed E-state index contributed by atoms with van der Waals surface area (Å²) in [5, 5.41) is 0. The number of rotatable bonds is 5. The van der Waals surface area contributed by atoms with Crippen LogP contribution in [0.15, 0.2) is 24.3 Å². The summed E-state index contributed by atoms with van der Waals surface area (Å²) in [5.41, 5.74) is 6.92. The molecule has 1 saturated carbocycles. The van der Waals surface area contributed by atoms with Crippen molar-refractivity contribution in [3.63, 3.8) is 0 Å². The van der Waals surface area contributed by atoms with Crippen LogP contribution >= 0.6 is 0 Å². The van der Waals surface area contributed by atoms with Crippen LogP contribution < -0.4 is 5.73 Å². The molecule has 21 heavy (non-hydrogen) atoms. The largest absolute Gasteiger partial charge is 0.324 e. The number of halogens is 1. The van der Waals surface area contributed by atoms with E-state index in [1.165, 1.54) is 31.7 Å². The van der Waals surface area contributed by atoms with Gasteiger partial charge in [0.05, 0.1) is 0 Å². The van der Waals surface area contributed by atoms with E-state index >= 15 is 0 Å². The van der Waals surface area contributed by atoms with Crippen LogP contribution in [0.2, 0.25) is 0 Å². The molecule has 0 radical (unpaired) electrons. The first-order valence-corrected chi connectivity index (χ1v) is 8.21. The molecule has 1 fully saturated rings. The number of hydrogen-bond donors (Lipinski definition) is 1. The number of hydrogen-bond acceptors (Lipinski definition) is 2. The van der Waals surface area contributed by atoms with Crippen molar-refractivity contribution in [1.82, 2.24) is 4.90 Å². The van der Waals surface area contributed by atoms with Crippen LogP contribution in [0.5, 0.6) is 0 Å². The number of benzene rings is 1. The maximum absolute atomic E-state index is 13.9. The van der Waals surface area contributed by atoms with Crippen LogP contribution in [0.1, 0.15) is 51.1 Å². The molecule has 3 heteroatoms. The van der Waals surface area contributed by atoms with Gasteiger partial charge in [-0.3, -0.25) is 0 Å². The highest BCUT2D eigenvalue weighted by molar-refractivity contribution is 5.21. The summed E-state index contributed by atoms with van der Waals surface area (Å²) in [5.74, 6) is 0.798. The van der Waals surface area contributed by atoms with Crippen LogP contribution in [0, 0.1) is 17.7 Å². The molecule has 1 aliphatic rings. The smallest absolute Gasteiger partial charge is 0.127 e. The van der Waals surface area contributed by atoms with Crippen LogP contribution in [-0.2, 0) is 0 Å². The van der Waals surface area contributed by atoms with E-state index in [1.54, 1.807) is 12.1 Å². The van der Waals surface area contributed by atoms with Crippen molar-refractivity contribution in [2.24, 2.45) is 17.6 Å². The molecule has 0 amide bonds. The third-order valence-electron chi connectivity index (χ3n) is 5.09. The summed E-state index contributed by atoms with van der Waals surface area (Å²) < 4.78 is 13.9. The highest BCUT2D eigenvalue weighted by Crippen LogP contribution is 2.29. The lowest BCUT2D eigenvalue weighted by Gasteiger charge is -2.38. The maximum atomic E-state index is 13.9. The van der Waals surface area contributed by atoms with Crippen LogP contribution in [0.4, 0.5) is 4.39 Å². The van der Waals surface area contributed by atoms with E-state index in [0.29, 0.717) is 11.6 Å². The standard InChI is InChI=1S/C18H29FN2/c1-13-8-4-7-11-17(13)21(3)12-14(2)18(20)15-9-5-6-10-16(15)19/h5-6,9-10,13-14,17-18H,4,7-8,11-12,20H2,1-3H3. The first kappa shape index (κ1) is 16.4. The van der Waals surface area contributed by atoms with Gasteiger partial charge in [0.15, 0.2) is 0 Å². The zero-order chi connectivity index (χ0) is 15.4. The fourth-order valence-corrected chi connectivity index (χ4v) is 3.71. The van der Waals surface area contributed by atoms with E-state index in [0.717, 1.165) is 12.5 Å². The quantitative estimate of drug-likeness (QED) is 0.889. The van der Waals surface area contributed by atoms with Gasteiger partial charge < -0.3 is 10.6 Å². The van der Waals surface area contributed by atoms with E-state index < -0.39 is 0 Å². The predicted molar refractivity (Wildman–Crippen MR) is 86.5 cm³/mol. The third kappa shape index (κ3) is 4.04. The van der Waals surface area contributed by atoms with Gasteiger partial charge in [0.1, 0.15) is 5.82 Å². The molecule has 0 saturated heterocycles. The molecule has 1 aliphatic carbocycles. The average Bonchev–Trinajstić information content (AvgIpc) is 2.47. The van der Waals surface area contributed by atoms with Gasteiger partial charge in [0.25, 0.3) is 0 Å². The molecule has 0 bridgehead atoms. The molecule has 1 aromatic rings. The van der Waals surface area contributed by atoms with Gasteiger partial charge >= 0.3 is 0 Å². The second-order valence-corrected chi connectivity index (χ2v) is 6.79. The van der Waals surface area contributed by atoms with Gasteiger partial charge in [-0.2, -0.15) is 0 Å². The second kappa shape index (κ2) is 7.37. The zero-order valence-electron chi connectivity index (χ0n) is 13.6. The Morgan fingerprint density at radius 3 is 2.62 bits per heavy atom. The van der Waals surface area contributed by atoms with Gasteiger partial charge in [0, 0.05) is 24.2 Å². The lowest BCUT2D eigenvalue weighted by molar-refractivity contribution is 0.119. The monoisotopic (exact) mass is 292 g/mol. The minimum absolute atomic E-state index is 0.189. The molecule has 2 nitrogen and oxygen atoms in total. The van der Waals surface area contributed by atoms with Crippen molar-refractivity contribution in [2.45, 2.75) is 51.6 Å². The molecular formula is C18H29FN2. The summed E-state index contributed by atoms with van der Waals surface area (Å²) in [7, 11) is 2.19. The Bertz CT molecular complexity index is 449. The first-order valence-electron chi connectivity index (χ1n) is 8.21. The fraction of sp³-hybridized carbons (Fsp3) is 0.667. The average molecular weight is 292 g/mol. The molecule has 4 unspecified atom stereocenters. The van der Waals surface area contributed by atoms with Crippen molar-refractivity contribution in [2.75, 3.05) is 13.6 Å². The molecule has 0 spiro atoms. The summed E-state index contributed by atoms with van der Waals surface area (Å²) in [4.78, 5) is 2.44. The normalized spacial score (nSPS) is 25.8. The second-order valence-electron chi connectivity index (χ2n) is 6.79. The molecule has 1 aromatic carbocycles. The first-order chi connectivity index (χ1) is 10.0. The van der Waals surface area contributed by atoms with E-state index in [9.17, 15) is 4.39 Å². The molecule has 118 valence electrons. The summed E-state index contributed by atoms with van der Waals surface area (Å²) in [6.45, 7) is 5.40. The molecular weight excluding hydrogens is 263 g/mol. The SMILES string of the molecule is CC(CN(C)C1CCCCC1C)C(N)c1ccccc1F. The topological polar surface area (TPSA) is 29.3 Å². The van der Waals surface area contributed by atoms with Crippen LogP contribution in [0.25, 0.3) is 0 Å². The van der Waals surface area contributed by atoms with E-state index in [-0.39, 0.29) is 17.8 Å². The van der Waals surface area contributed by atoms with E-state index in [2.05, 4.69) is 25.8 Å². The molecule has 0 aliphatic heterocycles. The minimum Gasteiger partial charge on any atom is -0.324 e. The lowest BCUT2D eigenvalue weighted by atomic mass is 9.84. The Balaban J connectivity index is 1.97. The van der Waals surface area contributed by atoms with Gasteiger partial charge in [-0.25, -0.2) is 4.39 Å². The number of nitrogens with zero attached hydrogens (tertiary/aromatic N) is 1.